The Morgan fingerprint density at radius 2 is 2.00 bits per heavy atom. The van der Waals surface area contributed by atoms with Crippen molar-refractivity contribution in [2.75, 3.05) is 19.0 Å². The first kappa shape index (κ1) is 20.0. The number of ketones is 2. The van der Waals surface area contributed by atoms with E-state index in [2.05, 4.69) is 36.1 Å². The van der Waals surface area contributed by atoms with Crippen molar-refractivity contribution in [3.05, 3.63) is 41.5 Å². The number of Topliss-reactive ketones (excluding diaryl/α,β-unsaturated/α-hetero) is 2. The molecule has 30 heavy (non-hydrogen) atoms. The summed E-state index contributed by atoms with van der Waals surface area (Å²) in [6.07, 6.45) is 6.27. The minimum absolute atomic E-state index is 0.100. The fourth-order valence-corrected chi connectivity index (χ4v) is 7.31. The lowest BCUT2D eigenvalue weighted by atomic mass is 9.51. The van der Waals surface area contributed by atoms with Crippen LogP contribution in [0, 0.1) is 29.1 Å². The van der Waals surface area contributed by atoms with Crippen molar-refractivity contribution in [3.8, 4) is 0 Å². The Balaban J connectivity index is 1.47. The summed E-state index contributed by atoms with van der Waals surface area (Å²) < 4.78 is 0. The molecule has 1 aromatic rings. The molecule has 0 aliphatic heterocycles. The standard InChI is InChI=1S/C26H33NO3/c1-26-14-23(29)25-18(21(26)9-10-24(26)30)8-7-16-12-22(28)19(13-20(16)25)15-5-4-6-17(11-15)27(2)3/h4-7,11,18-21,23,25,29H,8-10,12-14H2,1-3H3/t18-,19?,20-,21-,23-,25-,26-/m0/s1. The molecule has 1 unspecified atom stereocenters. The molecule has 7 atom stereocenters. The van der Waals surface area contributed by atoms with Crippen LogP contribution in [0.3, 0.4) is 0 Å². The largest absolute Gasteiger partial charge is 0.393 e. The van der Waals surface area contributed by atoms with E-state index >= 15 is 0 Å². The number of anilines is 1. The summed E-state index contributed by atoms with van der Waals surface area (Å²) in [5.41, 5.74) is 3.10. The zero-order valence-electron chi connectivity index (χ0n) is 18.3. The van der Waals surface area contributed by atoms with Crippen LogP contribution in [0.5, 0.6) is 0 Å². The number of rotatable bonds is 2. The van der Waals surface area contributed by atoms with Gasteiger partial charge in [0, 0.05) is 44.0 Å². The van der Waals surface area contributed by atoms with Crippen molar-refractivity contribution in [2.45, 2.75) is 57.5 Å². The number of carbonyl (C=O) groups excluding carboxylic acids is 2. The maximum atomic E-state index is 13.1. The zero-order valence-corrected chi connectivity index (χ0v) is 18.3. The maximum absolute atomic E-state index is 13.1. The van der Waals surface area contributed by atoms with Crippen LogP contribution in [0.15, 0.2) is 35.9 Å². The molecule has 3 saturated carbocycles. The summed E-state index contributed by atoms with van der Waals surface area (Å²) in [6.45, 7) is 2.09. The van der Waals surface area contributed by atoms with E-state index in [1.807, 2.05) is 20.2 Å². The van der Waals surface area contributed by atoms with Crippen molar-refractivity contribution >= 4 is 17.3 Å². The molecular formula is C26H33NO3. The molecule has 0 amide bonds. The molecule has 1 N–H and O–H groups in total. The van der Waals surface area contributed by atoms with E-state index in [1.54, 1.807) is 0 Å². The van der Waals surface area contributed by atoms with Crippen LogP contribution in [0.4, 0.5) is 5.69 Å². The number of hydrogen-bond donors (Lipinski definition) is 1. The second-order valence-electron chi connectivity index (χ2n) is 10.5. The van der Waals surface area contributed by atoms with Gasteiger partial charge in [-0.05, 0) is 67.1 Å². The molecule has 0 saturated heterocycles. The normalized spacial score (nSPS) is 40.3. The number of carbonyl (C=O) groups is 2. The summed E-state index contributed by atoms with van der Waals surface area (Å²) in [4.78, 5) is 27.8. The predicted octanol–water partition coefficient (Wildman–Crippen LogP) is 4.13. The highest BCUT2D eigenvalue weighted by Gasteiger charge is 2.59. The number of aliphatic hydroxyl groups is 1. The van der Waals surface area contributed by atoms with Gasteiger partial charge >= 0.3 is 0 Å². The molecule has 0 aromatic heterocycles. The molecule has 4 aliphatic rings. The number of nitrogens with zero attached hydrogens (tertiary/aromatic N) is 1. The molecule has 160 valence electrons. The highest BCUT2D eigenvalue weighted by Crippen LogP contribution is 2.60. The van der Waals surface area contributed by atoms with E-state index in [4.69, 9.17) is 0 Å². The quantitative estimate of drug-likeness (QED) is 0.749. The third kappa shape index (κ3) is 2.90. The second-order valence-corrected chi connectivity index (χ2v) is 10.5. The first-order chi connectivity index (χ1) is 14.3. The Morgan fingerprint density at radius 3 is 2.77 bits per heavy atom. The Hall–Kier alpha value is -1.94. The van der Waals surface area contributed by atoms with Crippen LogP contribution in [0.25, 0.3) is 0 Å². The summed E-state index contributed by atoms with van der Waals surface area (Å²) in [5.74, 6) is 1.73. The van der Waals surface area contributed by atoms with E-state index in [0.717, 1.165) is 30.5 Å². The van der Waals surface area contributed by atoms with E-state index < -0.39 is 6.10 Å². The maximum Gasteiger partial charge on any atom is 0.144 e. The molecule has 5 rings (SSSR count). The van der Waals surface area contributed by atoms with Crippen molar-refractivity contribution in [3.63, 3.8) is 0 Å². The van der Waals surface area contributed by atoms with Crippen molar-refractivity contribution in [2.24, 2.45) is 29.1 Å². The number of benzene rings is 1. The molecule has 0 radical (unpaired) electrons. The zero-order chi connectivity index (χ0) is 21.2. The van der Waals surface area contributed by atoms with E-state index in [9.17, 15) is 14.7 Å². The minimum atomic E-state index is -0.450. The van der Waals surface area contributed by atoms with Gasteiger partial charge in [0.1, 0.15) is 11.6 Å². The van der Waals surface area contributed by atoms with Gasteiger partial charge < -0.3 is 10.0 Å². The number of allylic oxidation sites excluding steroid dienone is 2. The lowest BCUT2D eigenvalue weighted by Crippen LogP contribution is -2.53. The lowest BCUT2D eigenvalue weighted by molar-refractivity contribution is -0.139. The molecule has 4 heteroatoms. The monoisotopic (exact) mass is 407 g/mol. The van der Waals surface area contributed by atoms with Crippen molar-refractivity contribution in [1.82, 2.24) is 0 Å². The van der Waals surface area contributed by atoms with Gasteiger partial charge in [-0.15, -0.1) is 0 Å². The lowest BCUT2D eigenvalue weighted by Gasteiger charge is -2.54. The Kier molecular flexibility index (Phi) is 4.70. The van der Waals surface area contributed by atoms with Crippen LogP contribution in [0.1, 0.15) is 56.9 Å². The van der Waals surface area contributed by atoms with Crippen LogP contribution in [-0.4, -0.2) is 36.9 Å². The van der Waals surface area contributed by atoms with Crippen LogP contribution in [-0.2, 0) is 9.59 Å². The summed E-state index contributed by atoms with van der Waals surface area (Å²) >= 11 is 0. The van der Waals surface area contributed by atoms with Gasteiger partial charge in [-0.1, -0.05) is 30.7 Å². The van der Waals surface area contributed by atoms with Crippen LogP contribution < -0.4 is 4.90 Å². The first-order valence-electron chi connectivity index (χ1n) is 11.5. The Morgan fingerprint density at radius 1 is 1.20 bits per heavy atom. The number of hydrogen-bond acceptors (Lipinski definition) is 4. The average Bonchev–Trinajstić information content (AvgIpc) is 3.01. The van der Waals surface area contributed by atoms with Gasteiger partial charge in [0.15, 0.2) is 0 Å². The van der Waals surface area contributed by atoms with Crippen molar-refractivity contribution in [1.29, 1.82) is 0 Å². The molecule has 3 fully saturated rings. The van der Waals surface area contributed by atoms with Crippen molar-refractivity contribution < 1.29 is 14.7 Å². The smallest absolute Gasteiger partial charge is 0.144 e. The first-order valence-corrected chi connectivity index (χ1v) is 11.5. The van der Waals surface area contributed by atoms with Gasteiger partial charge in [-0.2, -0.15) is 0 Å². The fraction of sp³-hybridized carbons (Fsp3) is 0.615. The molecule has 4 nitrogen and oxygen atoms in total. The van der Waals surface area contributed by atoms with Gasteiger partial charge in [0.25, 0.3) is 0 Å². The summed E-state index contributed by atoms with van der Waals surface area (Å²) in [5, 5.41) is 11.2. The van der Waals surface area contributed by atoms with E-state index in [0.29, 0.717) is 42.7 Å². The number of aliphatic hydroxyl groups excluding tert-OH is 1. The highest BCUT2D eigenvalue weighted by atomic mass is 16.3. The third-order valence-electron chi connectivity index (χ3n) is 8.87. The molecule has 0 bridgehead atoms. The average molecular weight is 408 g/mol. The Labute approximate surface area is 179 Å². The molecule has 1 aromatic carbocycles. The highest BCUT2D eigenvalue weighted by molar-refractivity contribution is 5.89. The second kappa shape index (κ2) is 7.05. The fourth-order valence-electron chi connectivity index (χ4n) is 7.31. The van der Waals surface area contributed by atoms with Gasteiger partial charge in [-0.25, -0.2) is 0 Å². The van der Waals surface area contributed by atoms with E-state index in [1.165, 1.54) is 5.57 Å². The molecule has 0 heterocycles. The van der Waals surface area contributed by atoms with Gasteiger partial charge in [0.05, 0.1) is 6.10 Å². The van der Waals surface area contributed by atoms with E-state index in [-0.39, 0.29) is 23.2 Å². The topological polar surface area (TPSA) is 57.6 Å². The third-order valence-corrected chi connectivity index (χ3v) is 8.87. The number of fused-ring (bicyclic) bond motifs is 5. The minimum Gasteiger partial charge on any atom is -0.393 e. The predicted molar refractivity (Wildman–Crippen MR) is 117 cm³/mol. The van der Waals surface area contributed by atoms with Crippen LogP contribution >= 0.6 is 0 Å². The molecule has 4 aliphatic carbocycles. The van der Waals surface area contributed by atoms with Gasteiger partial charge in [-0.3, -0.25) is 9.59 Å². The summed E-state index contributed by atoms with van der Waals surface area (Å²) in [7, 11) is 4.04. The van der Waals surface area contributed by atoms with Crippen LogP contribution in [0.2, 0.25) is 0 Å². The Bertz CT molecular complexity index is 919. The molecular weight excluding hydrogens is 374 g/mol. The summed E-state index contributed by atoms with van der Waals surface area (Å²) in [6, 6.07) is 8.33. The SMILES string of the molecule is CN(C)c1cccc(C2C[C@H]3C(=CC[C@@H]4[C@@H]3[C@@H](O)C[C@]3(C)C(=O)CC[C@@H]43)CC2=O)c1. The van der Waals surface area contributed by atoms with Gasteiger partial charge in [0.2, 0.25) is 0 Å². The molecule has 0 spiro atoms.